The lowest BCUT2D eigenvalue weighted by Crippen LogP contribution is -2.30. The highest BCUT2D eigenvalue weighted by Gasteiger charge is 2.14. The van der Waals surface area contributed by atoms with E-state index < -0.39 is 24.2 Å². The van der Waals surface area contributed by atoms with Gasteiger partial charge >= 0.3 is 5.97 Å². The number of fused-ring (bicyclic) bond motifs is 1. The molecule has 0 fully saturated rings. The van der Waals surface area contributed by atoms with Crippen LogP contribution >= 0.6 is 11.3 Å². The molecule has 3 rings (SSSR count). The summed E-state index contributed by atoms with van der Waals surface area (Å²) < 4.78 is 15.0. The number of carboxylic acids is 1. The third kappa shape index (κ3) is 3.57. The number of halogens is 1. The van der Waals surface area contributed by atoms with Crippen LogP contribution in [0, 0.1) is 5.82 Å². The molecular weight excluding hydrogens is 331 g/mol. The van der Waals surface area contributed by atoms with Gasteiger partial charge in [0.2, 0.25) is 5.91 Å². The smallest absolute Gasteiger partial charge is 0.322 e. The van der Waals surface area contributed by atoms with E-state index in [2.05, 4.69) is 10.3 Å². The minimum absolute atomic E-state index is 0.0766. The van der Waals surface area contributed by atoms with Gasteiger partial charge in [0.1, 0.15) is 17.1 Å². The number of carboxylic acid groups (broad SMARTS) is 1. The summed E-state index contributed by atoms with van der Waals surface area (Å²) in [6.45, 7) is -0.448. The Morgan fingerprint density at radius 3 is 2.62 bits per heavy atom. The number of nitrogens with one attached hydrogen (secondary N) is 1. The molecule has 1 amide bonds. The number of rotatable bonds is 5. The second-order valence-electron chi connectivity index (χ2n) is 5.13. The Morgan fingerprint density at radius 1 is 1.17 bits per heavy atom. The van der Waals surface area contributed by atoms with E-state index in [1.807, 2.05) is 36.4 Å². The van der Waals surface area contributed by atoms with Crippen LogP contribution in [0.3, 0.4) is 0 Å². The number of aromatic nitrogens is 1. The molecular formula is C17H13FN2O3S. The van der Waals surface area contributed by atoms with Gasteiger partial charge in [0, 0.05) is 0 Å². The average Bonchev–Trinajstić information content (AvgIpc) is 2.97. The van der Waals surface area contributed by atoms with E-state index in [1.165, 1.54) is 17.4 Å². The molecule has 0 aliphatic carbocycles. The standard InChI is InChI=1S/C17H13FN2O3S/c18-12-6-11(10-4-2-1-3-5-10)7-13-17(12)20-15(24-13)8-14(21)19-9-16(22)23/h1-7H,8-9H2,(H,19,21)(H,22,23). The first-order valence-corrected chi connectivity index (χ1v) is 7.97. The first-order chi connectivity index (χ1) is 11.5. The van der Waals surface area contributed by atoms with E-state index in [1.54, 1.807) is 0 Å². The Kier molecular flexibility index (Phi) is 4.52. The summed E-state index contributed by atoms with van der Waals surface area (Å²) >= 11 is 1.22. The number of benzene rings is 2. The molecule has 0 spiro atoms. The van der Waals surface area contributed by atoms with E-state index in [-0.39, 0.29) is 11.9 Å². The van der Waals surface area contributed by atoms with Crippen molar-refractivity contribution in [2.24, 2.45) is 0 Å². The molecule has 0 unspecified atom stereocenters. The molecule has 0 aliphatic heterocycles. The lowest BCUT2D eigenvalue weighted by atomic mass is 10.1. The monoisotopic (exact) mass is 344 g/mol. The average molecular weight is 344 g/mol. The van der Waals surface area contributed by atoms with Crippen LogP contribution < -0.4 is 5.32 Å². The summed E-state index contributed by atoms with van der Waals surface area (Å²) in [7, 11) is 0. The van der Waals surface area contributed by atoms with Gasteiger partial charge in [0.05, 0.1) is 11.1 Å². The number of nitrogens with zero attached hydrogens (tertiary/aromatic N) is 1. The molecule has 24 heavy (non-hydrogen) atoms. The summed E-state index contributed by atoms with van der Waals surface area (Å²) in [5.74, 6) is -2.02. The maximum atomic E-state index is 14.3. The molecule has 1 heterocycles. The zero-order chi connectivity index (χ0) is 17.1. The van der Waals surface area contributed by atoms with Crippen LogP contribution in [-0.2, 0) is 16.0 Å². The number of carbonyl (C=O) groups is 2. The summed E-state index contributed by atoms with van der Waals surface area (Å²) in [6, 6.07) is 12.7. The normalized spacial score (nSPS) is 10.7. The molecule has 5 nitrogen and oxygen atoms in total. The summed E-state index contributed by atoms with van der Waals surface area (Å²) in [4.78, 5) is 26.3. The number of amides is 1. The molecule has 7 heteroatoms. The van der Waals surface area contributed by atoms with Crippen molar-refractivity contribution >= 4 is 33.4 Å². The van der Waals surface area contributed by atoms with Crippen molar-refractivity contribution in [1.29, 1.82) is 0 Å². The molecule has 2 aromatic carbocycles. The van der Waals surface area contributed by atoms with Gasteiger partial charge in [0.25, 0.3) is 0 Å². The van der Waals surface area contributed by atoms with Gasteiger partial charge in [-0.1, -0.05) is 30.3 Å². The van der Waals surface area contributed by atoms with Crippen molar-refractivity contribution in [1.82, 2.24) is 10.3 Å². The highest BCUT2D eigenvalue weighted by molar-refractivity contribution is 7.18. The quantitative estimate of drug-likeness (QED) is 0.746. The predicted molar refractivity (Wildman–Crippen MR) is 89.4 cm³/mol. The highest BCUT2D eigenvalue weighted by atomic mass is 32.1. The third-order valence-electron chi connectivity index (χ3n) is 3.35. The maximum Gasteiger partial charge on any atom is 0.322 e. The molecule has 0 atom stereocenters. The lowest BCUT2D eigenvalue weighted by Gasteiger charge is -2.01. The first kappa shape index (κ1) is 16.1. The summed E-state index contributed by atoms with van der Waals surface area (Å²) in [5, 5.41) is 11.2. The van der Waals surface area contributed by atoms with Crippen LogP contribution in [-0.4, -0.2) is 28.5 Å². The van der Waals surface area contributed by atoms with Gasteiger partial charge in [0.15, 0.2) is 5.82 Å². The Labute approximate surface area is 140 Å². The highest BCUT2D eigenvalue weighted by Crippen LogP contribution is 2.30. The van der Waals surface area contributed by atoms with Crippen molar-refractivity contribution < 1.29 is 19.1 Å². The number of carbonyl (C=O) groups excluding carboxylic acids is 1. The van der Waals surface area contributed by atoms with E-state index in [9.17, 15) is 14.0 Å². The molecule has 2 N–H and O–H groups in total. The van der Waals surface area contributed by atoms with Crippen molar-refractivity contribution in [3.8, 4) is 11.1 Å². The van der Waals surface area contributed by atoms with Crippen molar-refractivity contribution in [2.75, 3.05) is 6.54 Å². The van der Waals surface area contributed by atoms with Crippen molar-refractivity contribution in [2.45, 2.75) is 6.42 Å². The number of thiazole rings is 1. The topological polar surface area (TPSA) is 79.3 Å². The van der Waals surface area contributed by atoms with Gasteiger partial charge in [-0.05, 0) is 23.3 Å². The fourth-order valence-electron chi connectivity index (χ4n) is 2.28. The fraction of sp³-hybridized carbons (Fsp3) is 0.118. The number of hydrogen-bond acceptors (Lipinski definition) is 4. The Morgan fingerprint density at radius 2 is 1.92 bits per heavy atom. The van der Waals surface area contributed by atoms with E-state index in [0.717, 1.165) is 11.1 Å². The fourth-order valence-corrected chi connectivity index (χ4v) is 3.30. The van der Waals surface area contributed by atoms with Crippen LogP contribution in [0.15, 0.2) is 42.5 Å². The first-order valence-electron chi connectivity index (χ1n) is 7.16. The van der Waals surface area contributed by atoms with Crippen LogP contribution in [0.1, 0.15) is 5.01 Å². The molecule has 0 radical (unpaired) electrons. The van der Waals surface area contributed by atoms with Crippen LogP contribution in [0.2, 0.25) is 0 Å². The third-order valence-corrected chi connectivity index (χ3v) is 4.35. The van der Waals surface area contributed by atoms with E-state index in [0.29, 0.717) is 9.71 Å². The molecule has 0 bridgehead atoms. The Hall–Kier alpha value is -2.80. The largest absolute Gasteiger partial charge is 0.480 e. The molecule has 0 aliphatic rings. The van der Waals surface area contributed by atoms with E-state index >= 15 is 0 Å². The second kappa shape index (κ2) is 6.76. The number of hydrogen-bond donors (Lipinski definition) is 2. The van der Waals surface area contributed by atoms with Crippen LogP contribution in [0.4, 0.5) is 4.39 Å². The molecule has 0 saturated carbocycles. The summed E-state index contributed by atoms with van der Waals surface area (Å²) in [5.41, 5.74) is 1.86. The van der Waals surface area contributed by atoms with E-state index in [4.69, 9.17) is 5.11 Å². The SMILES string of the molecule is O=C(O)CNC(=O)Cc1nc2c(F)cc(-c3ccccc3)cc2s1. The summed E-state index contributed by atoms with van der Waals surface area (Å²) in [6.07, 6.45) is -0.0766. The van der Waals surface area contributed by atoms with Gasteiger partial charge in [-0.25, -0.2) is 9.37 Å². The molecule has 1 aromatic heterocycles. The van der Waals surface area contributed by atoms with Gasteiger partial charge < -0.3 is 10.4 Å². The van der Waals surface area contributed by atoms with Crippen molar-refractivity contribution in [3.05, 3.63) is 53.3 Å². The van der Waals surface area contributed by atoms with Crippen molar-refractivity contribution in [3.63, 3.8) is 0 Å². The minimum atomic E-state index is -1.12. The van der Waals surface area contributed by atoms with Gasteiger partial charge in [-0.2, -0.15) is 0 Å². The molecule has 0 saturated heterocycles. The van der Waals surface area contributed by atoms with Crippen LogP contribution in [0.5, 0.6) is 0 Å². The Bertz CT molecular complexity index is 909. The maximum absolute atomic E-state index is 14.3. The molecule has 122 valence electrons. The van der Waals surface area contributed by atoms with Crippen LogP contribution in [0.25, 0.3) is 21.3 Å². The lowest BCUT2D eigenvalue weighted by molar-refractivity contribution is -0.137. The minimum Gasteiger partial charge on any atom is -0.480 e. The number of aliphatic carboxylic acids is 1. The zero-order valence-corrected chi connectivity index (χ0v) is 13.3. The zero-order valence-electron chi connectivity index (χ0n) is 12.5. The predicted octanol–water partition coefficient (Wildman–Crippen LogP) is 2.85. The Balaban J connectivity index is 1.87. The second-order valence-corrected chi connectivity index (χ2v) is 6.24. The van der Waals surface area contributed by atoms with Gasteiger partial charge in [-0.3, -0.25) is 9.59 Å². The molecule has 3 aromatic rings. The van der Waals surface area contributed by atoms with Gasteiger partial charge in [-0.15, -0.1) is 11.3 Å².